The van der Waals surface area contributed by atoms with Crippen LogP contribution in [0.3, 0.4) is 0 Å². The van der Waals surface area contributed by atoms with Gasteiger partial charge < -0.3 is 9.59 Å². The molecule has 0 amide bonds. The van der Waals surface area contributed by atoms with Gasteiger partial charge in [-0.2, -0.15) is 0 Å². The number of aliphatic hydroxyl groups excluding tert-OH is 1. The average molecular weight is 363 g/mol. The third-order valence-corrected chi connectivity index (χ3v) is 4.67. The zero-order valence-electron chi connectivity index (χ0n) is 15.6. The second-order valence-electron chi connectivity index (χ2n) is 6.25. The van der Waals surface area contributed by atoms with Crippen molar-refractivity contribution in [3.8, 4) is 0 Å². The summed E-state index contributed by atoms with van der Waals surface area (Å²) in [5.74, 6) is -0.511. The number of rotatable bonds is 15. The fraction of sp³-hybridized carbons (Fsp3) is 0.824. The van der Waals surface area contributed by atoms with E-state index >= 15 is 0 Å². The molecule has 140 valence electrons. The van der Waals surface area contributed by atoms with Gasteiger partial charge in [0.05, 0.1) is 19.6 Å². The molecule has 0 fully saturated rings. The molecule has 0 rings (SSSR count). The molecule has 0 saturated heterocycles. The predicted molar refractivity (Wildman–Crippen MR) is 95.9 cm³/mol. The summed E-state index contributed by atoms with van der Waals surface area (Å²) in [7, 11) is -2.34. The fourth-order valence-corrected chi connectivity index (χ4v) is 3.50. The van der Waals surface area contributed by atoms with Crippen molar-refractivity contribution >= 4 is 14.0 Å². The fourth-order valence-electron chi connectivity index (χ4n) is 2.93. The van der Waals surface area contributed by atoms with Gasteiger partial charge in [0.15, 0.2) is 12.4 Å². The molecular formula is C17H34NO5P+2. The number of hydrogen-bond donors (Lipinski definition) is 1. The van der Waals surface area contributed by atoms with Crippen LogP contribution in [0.15, 0.2) is 12.2 Å². The minimum atomic E-state index is -2.34. The number of carbonyl (C=O) groups excluding carboxylic acids is 1. The molecule has 2 unspecified atom stereocenters. The van der Waals surface area contributed by atoms with E-state index in [4.69, 9.17) is 9.05 Å². The van der Waals surface area contributed by atoms with E-state index in [1.54, 1.807) is 0 Å². The van der Waals surface area contributed by atoms with E-state index in [0.29, 0.717) is 6.61 Å². The van der Waals surface area contributed by atoms with E-state index in [0.717, 1.165) is 49.9 Å². The van der Waals surface area contributed by atoms with Crippen LogP contribution in [0.1, 0.15) is 47.0 Å². The molecule has 2 atom stereocenters. The number of carbonyl (C=O) groups is 1. The maximum absolute atomic E-state index is 11.8. The highest BCUT2D eigenvalue weighted by atomic mass is 31.1. The van der Waals surface area contributed by atoms with E-state index in [1.165, 1.54) is 6.92 Å². The van der Waals surface area contributed by atoms with Crippen LogP contribution in [0, 0.1) is 0 Å². The third kappa shape index (κ3) is 9.00. The Hall–Kier alpha value is -0.650. The van der Waals surface area contributed by atoms with Crippen LogP contribution in [-0.2, 0) is 18.4 Å². The van der Waals surface area contributed by atoms with Gasteiger partial charge in [0, 0.05) is 4.57 Å². The molecule has 0 aliphatic rings. The Morgan fingerprint density at radius 2 is 1.58 bits per heavy atom. The van der Waals surface area contributed by atoms with E-state index in [2.05, 4.69) is 27.4 Å². The maximum atomic E-state index is 11.8. The summed E-state index contributed by atoms with van der Waals surface area (Å²) in [6.45, 7) is 15.5. The number of Topliss-reactive ketones (excluding diaryl/α,β-unsaturated/α-hetero) is 1. The molecule has 24 heavy (non-hydrogen) atoms. The Morgan fingerprint density at radius 1 is 1.08 bits per heavy atom. The Morgan fingerprint density at radius 3 is 2.00 bits per heavy atom. The minimum Gasteiger partial charge on any atom is -0.382 e. The number of aliphatic hydroxyl groups is 1. The van der Waals surface area contributed by atoms with Crippen LogP contribution in [0.25, 0.3) is 0 Å². The van der Waals surface area contributed by atoms with Gasteiger partial charge in [-0.3, -0.25) is 4.79 Å². The Labute approximate surface area is 147 Å². The molecule has 0 aromatic heterocycles. The van der Waals surface area contributed by atoms with Crippen LogP contribution in [0.2, 0.25) is 0 Å². The van der Waals surface area contributed by atoms with Gasteiger partial charge in [-0.25, -0.2) is 0 Å². The number of quaternary nitrogens is 1. The molecule has 6 nitrogen and oxygen atoms in total. The lowest BCUT2D eigenvalue weighted by Crippen LogP contribution is -2.51. The van der Waals surface area contributed by atoms with Gasteiger partial charge in [0.2, 0.25) is 0 Å². The minimum absolute atomic E-state index is 0.239. The molecule has 0 bridgehead atoms. The van der Waals surface area contributed by atoms with Crippen LogP contribution >= 0.6 is 8.25 Å². The third-order valence-electron chi connectivity index (χ3n) is 3.92. The Bertz CT molecular complexity index is 397. The molecule has 0 aromatic rings. The largest absolute Gasteiger partial charge is 0.697 e. The van der Waals surface area contributed by atoms with Crippen molar-refractivity contribution in [3.63, 3.8) is 0 Å². The van der Waals surface area contributed by atoms with Gasteiger partial charge in [-0.15, -0.1) is 9.05 Å². The summed E-state index contributed by atoms with van der Waals surface area (Å²) in [6.07, 6.45) is 1.94. The van der Waals surface area contributed by atoms with Crippen molar-refractivity contribution < 1.29 is 28.0 Å². The van der Waals surface area contributed by atoms with E-state index in [1.807, 2.05) is 0 Å². The highest BCUT2D eigenvalue weighted by Gasteiger charge is 2.29. The molecule has 1 N–H and O–H groups in total. The van der Waals surface area contributed by atoms with Gasteiger partial charge in [-0.1, -0.05) is 27.4 Å². The summed E-state index contributed by atoms with van der Waals surface area (Å²) in [5.41, 5.74) is 0.239. The highest BCUT2D eigenvalue weighted by molar-refractivity contribution is 7.33. The van der Waals surface area contributed by atoms with E-state index < -0.39 is 20.1 Å². The molecule has 0 spiro atoms. The van der Waals surface area contributed by atoms with Gasteiger partial charge in [-0.05, 0) is 31.8 Å². The van der Waals surface area contributed by atoms with Crippen molar-refractivity contribution in [2.45, 2.75) is 53.1 Å². The number of hydrogen-bond acceptors (Lipinski definition) is 5. The molecule has 0 heterocycles. The van der Waals surface area contributed by atoms with Crippen molar-refractivity contribution in [1.29, 1.82) is 0 Å². The first-order chi connectivity index (χ1) is 11.3. The van der Waals surface area contributed by atoms with Gasteiger partial charge in [0.1, 0.15) is 19.3 Å². The standard InChI is InChI=1S/C17H34NO5P/c1-6-9-18(10-7-2,11-8-3)12-13-22-24(21)23-14-16(19)17(20)15(4)5/h16,19H,4,6-14H2,1-3,5H3/q+2. The number of nitrogens with zero attached hydrogens (tertiary/aromatic N) is 1. The van der Waals surface area contributed by atoms with Crippen molar-refractivity contribution in [3.05, 3.63) is 12.2 Å². The molecule has 7 heteroatoms. The quantitative estimate of drug-likeness (QED) is 0.275. The van der Waals surface area contributed by atoms with Gasteiger partial charge >= 0.3 is 8.25 Å². The lowest BCUT2D eigenvalue weighted by atomic mass is 10.1. The van der Waals surface area contributed by atoms with Gasteiger partial charge in [0.25, 0.3) is 0 Å². The molecule has 0 aliphatic carbocycles. The maximum Gasteiger partial charge on any atom is 0.697 e. The molecule has 0 aliphatic heterocycles. The second kappa shape index (κ2) is 12.7. The Kier molecular flexibility index (Phi) is 12.3. The molecule has 0 radical (unpaired) electrons. The van der Waals surface area contributed by atoms with Crippen molar-refractivity contribution in [2.75, 3.05) is 39.4 Å². The molecule has 0 aromatic carbocycles. The number of ketones is 1. The lowest BCUT2D eigenvalue weighted by Gasteiger charge is -2.37. The average Bonchev–Trinajstić information content (AvgIpc) is 2.52. The Balaban J connectivity index is 4.32. The van der Waals surface area contributed by atoms with Crippen LogP contribution < -0.4 is 0 Å². The second-order valence-corrected chi connectivity index (χ2v) is 7.21. The smallest absolute Gasteiger partial charge is 0.382 e. The van der Waals surface area contributed by atoms with Crippen LogP contribution in [-0.4, -0.2) is 60.9 Å². The summed E-state index contributed by atoms with van der Waals surface area (Å²) in [5, 5.41) is 9.58. The molecular weight excluding hydrogens is 329 g/mol. The molecule has 0 saturated carbocycles. The zero-order valence-corrected chi connectivity index (χ0v) is 16.5. The summed E-state index contributed by atoms with van der Waals surface area (Å²) in [6, 6.07) is 0. The van der Waals surface area contributed by atoms with Crippen LogP contribution in [0.4, 0.5) is 0 Å². The first kappa shape index (κ1) is 23.4. The SMILES string of the molecule is C=C(C)C(=O)C(O)CO[P+](=O)OCC[N+](CCC)(CCC)CCC. The highest BCUT2D eigenvalue weighted by Crippen LogP contribution is 2.24. The van der Waals surface area contributed by atoms with Crippen molar-refractivity contribution in [2.24, 2.45) is 0 Å². The summed E-state index contributed by atoms with van der Waals surface area (Å²) in [4.78, 5) is 11.4. The zero-order chi connectivity index (χ0) is 18.6. The normalized spacial score (nSPS) is 13.6. The summed E-state index contributed by atoms with van der Waals surface area (Å²) >= 11 is 0. The van der Waals surface area contributed by atoms with E-state index in [9.17, 15) is 14.5 Å². The van der Waals surface area contributed by atoms with E-state index in [-0.39, 0.29) is 12.2 Å². The summed E-state index contributed by atoms with van der Waals surface area (Å²) < 4.78 is 22.9. The monoisotopic (exact) mass is 363 g/mol. The first-order valence-electron chi connectivity index (χ1n) is 8.77. The predicted octanol–water partition coefficient (Wildman–Crippen LogP) is 3.23. The topological polar surface area (TPSA) is 72.8 Å². The first-order valence-corrected chi connectivity index (χ1v) is 9.87. The van der Waals surface area contributed by atoms with Crippen molar-refractivity contribution in [1.82, 2.24) is 0 Å². The lowest BCUT2D eigenvalue weighted by molar-refractivity contribution is -0.928. The van der Waals surface area contributed by atoms with Crippen LogP contribution in [0.5, 0.6) is 0 Å².